The van der Waals surface area contributed by atoms with Crippen LogP contribution in [0.5, 0.6) is 0 Å². The summed E-state index contributed by atoms with van der Waals surface area (Å²) in [6.07, 6.45) is 5.53. The molecule has 2 aliphatic rings. The molecule has 1 aliphatic carbocycles. The normalized spacial score (nSPS) is 26.5. The van der Waals surface area contributed by atoms with Crippen LogP contribution < -0.4 is 0 Å². The van der Waals surface area contributed by atoms with Crippen molar-refractivity contribution in [2.24, 2.45) is 5.92 Å². The number of benzene rings is 1. The zero-order valence-corrected chi connectivity index (χ0v) is 13.9. The third-order valence-corrected chi connectivity index (χ3v) is 5.54. The van der Waals surface area contributed by atoms with E-state index < -0.39 is 11.5 Å². The van der Waals surface area contributed by atoms with Crippen LogP contribution in [-0.4, -0.2) is 34.2 Å². The van der Waals surface area contributed by atoms with E-state index in [1.54, 1.807) is 4.90 Å². The molecule has 0 unspecified atom stereocenters. The van der Waals surface area contributed by atoms with E-state index in [4.69, 9.17) is 4.74 Å². The first-order chi connectivity index (χ1) is 11.6. The van der Waals surface area contributed by atoms with Crippen molar-refractivity contribution in [2.45, 2.75) is 57.1 Å². The monoisotopic (exact) mass is 331 g/mol. The number of likely N-dealkylation sites (tertiary alicyclic amines) is 1. The second-order valence-electron chi connectivity index (χ2n) is 6.95. The van der Waals surface area contributed by atoms with Crippen molar-refractivity contribution in [1.82, 2.24) is 4.90 Å². The number of fused-ring (bicyclic) bond motifs is 1. The van der Waals surface area contributed by atoms with E-state index in [-0.39, 0.29) is 25.0 Å². The Labute approximate surface area is 142 Å². The van der Waals surface area contributed by atoms with Gasteiger partial charge in [0.1, 0.15) is 6.61 Å². The maximum absolute atomic E-state index is 12.7. The number of hydrogen-bond donors (Lipinski definition) is 1. The number of nitrogens with zero attached hydrogens (tertiary/aromatic N) is 1. The molecule has 1 heterocycles. The van der Waals surface area contributed by atoms with Gasteiger partial charge in [0.05, 0.1) is 12.0 Å². The maximum Gasteiger partial charge on any atom is 0.410 e. The van der Waals surface area contributed by atoms with Gasteiger partial charge in [0, 0.05) is 6.54 Å². The highest BCUT2D eigenvalue weighted by Gasteiger charge is 2.52. The standard InChI is InChI=1S/C19H25NO4/c21-17(22)13-19-11-6-2-5-9-16(19)10-12-20(19)18(23)24-14-15-7-3-1-4-8-15/h1,3-4,7-8,16H,2,5-6,9-14H2,(H,21,22)/t16-,19+/m0/s1. The topological polar surface area (TPSA) is 66.8 Å². The van der Waals surface area contributed by atoms with E-state index in [9.17, 15) is 14.7 Å². The van der Waals surface area contributed by atoms with E-state index >= 15 is 0 Å². The average Bonchev–Trinajstić information content (AvgIpc) is 2.78. The molecule has 1 aliphatic heterocycles. The van der Waals surface area contributed by atoms with Crippen molar-refractivity contribution in [3.63, 3.8) is 0 Å². The van der Waals surface area contributed by atoms with Crippen LogP contribution in [0.15, 0.2) is 30.3 Å². The van der Waals surface area contributed by atoms with E-state index in [1.165, 1.54) is 0 Å². The molecule has 5 heteroatoms. The second kappa shape index (κ2) is 7.24. The summed E-state index contributed by atoms with van der Waals surface area (Å²) in [7, 11) is 0. The van der Waals surface area contributed by atoms with E-state index in [1.807, 2.05) is 30.3 Å². The van der Waals surface area contributed by atoms with Crippen LogP contribution in [0, 0.1) is 5.92 Å². The Hall–Kier alpha value is -2.04. The van der Waals surface area contributed by atoms with Crippen LogP contribution in [0.3, 0.4) is 0 Å². The SMILES string of the molecule is O=C(O)C[C@]12CCCCC[C@H]1CCN2C(=O)OCc1ccccc1. The van der Waals surface area contributed by atoms with Crippen LogP contribution >= 0.6 is 0 Å². The highest BCUT2D eigenvalue weighted by atomic mass is 16.6. The van der Waals surface area contributed by atoms with Crippen LogP contribution in [0.1, 0.15) is 50.5 Å². The van der Waals surface area contributed by atoms with Crippen molar-refractivity contribution < 1.29 is 19.4 Å². The Morgan fingerprint density at radius 2 is 1.96 bits per heavy atom. The Morgan fingerprint density at radius 1 is 1.17 bits per heavy atom. The summed E-state index contributed by atoms with van der Waals surface area (Å²) in [5.74, 6) is -0.551. The minimum absolute atomic E-state index is 0.0259. The smallest absolute Gasteiger partial charge is 0.410 e. The summed E-state index contributed by atoms with van der Waals surface area (Å²) in [5, 5.41) is 9.43. The highest BCUT2D eigenvalue weighted by molar-refractivity contribution is 5.73. The van der Waals surface area contributed by atoms with E-state index in [2.05, 4.69) is 0 Å². The van der Waals surface area contributed by atoms with Gasteiger partial charge < -0.3 is 14.7 Å². The van der Waals surface area contributed by atoms with Crippen molar-refractivity contribution >= 4 is 12.1 Å². The van der Waals surface area contributed by atoms with Gasteiger partial charge in [-0.15, -0.1) is 0 Å². The largest absolute Gasteiger partial charge is 0.481 e. The number of carbonyl (C=O) groups is 2. The lowest BCUT2D eigenvalue weighted by Crippen LogP contribution is -2.52. The van der Waals surface area contributed by atoms with Crippen LogP contribution in [0.4, 0.5) is 4.79 Å². The predicted molar refractivity (Wildman–Crippen MR) is 89.5 cm³/mol. The molecule has 24 heavy (non-hydrogen) atoms. The molecule has 0 radical (unpaired) electrons. The summed E-state index contributed by atoms with van der Waals surface area (Å²) in [5.41, 5.74) is 0.380. The number of carboxylic acids is 1. The van der Waals surface area contributed by atoms with Gasteiger partial charge in [-0.2, -0.15) is 0 Å². The fraction of sp³-hybridized carbons (Fsp3) is 0.579. The number of ether oxygens (including phenoxy) is 1. The van der Waals surface area contributed by atoms with Gasteiger partial charge in [0.25, 0.3) is 0 Å². The Kier molecular flexibility index (Phi) is 5.07. The molecule has 1 N–H and O–H groups in total. The summed E-state index contributed by atoms with van der Waals surface area (Å²) in [6, 6.07) is 9.57. The van der Waals surface area contributed by atoms with Gasteiger partial charge in [0.15, 0.2) is 0 Å². The molecule has 1 amide bonds. The molecule has 1 saturated carbocycles. The molecule has 2 fully saturated rings. The molecule has 3 rings (SSSR count). The van der Waals surface area contributed by atoms with Crippen LogP contribution in [-0.2, 0) is 16.1 Å². The third-order valence-electron chi connectivity index (χ3n) is 5.54. The van der Waals surface area contributed by atoms with Crippen LogP contribution in [0.25, 0.3) is 0 Å². The van der Waals surface area contributed by atoms with Gasteiger partial charge in [-0.25, -0.2) is 4.79 Å². The van der Waals surface area contributed by atoms with Crippen molar-refractivity contribution in [3.05, 3.63) is 35.9 Å². The fourth-order valence-corrected chi connectivity index (χ4v) is 4.41. The van der Waals surface area contributed by atoms with Gasteiger partial charge in [-0.3, -0.25) is 4.79 Å². The summed E-state index contributed by atoms with van der Waals surface area (Å²) in [4.78, 5) is 25.9. The van der Waals surface area contributed by atoms with Gasteiger partial charge in [-0.1, -0.05) is 49.6 Å². The molecule has 130 valence electrons. The quantitative estimate of drug-likeness (QED) is 0.911. The molecule has 2 atom stereocenters. The molecule has 1 saturated heterocycles. The first-order valence-electron chi connectivity index (χ1n) is 8.82. The maximum atomic E-state index is 12.7. The number of rotatable bonds is 4. The Bertz CT molecular complexity index is 588. The zero-order chi connectivity index (χ0) is 17.0. The first kappa shape index (κ1) is 16.8. The number of carbonyl (C=O) groups excluding carboxylic acids is 1. The molecule has 5 nitrogen and oxygen atoms in total. The van der Waals surface area contributed by atoms with Crippen molar-refractivity contribution in [2.75, 3.05) is 6.54 Å². The minimum Gasteiger partial charge on any atom is -0.481 e. The predicted octanol–water partition coefficient (Wildman–Crippen LogP) is 3.82. The van der Waals surface area contributed by atoms with Crippen molar-refractivity contribution in [3.8, 4) is 0 Å². The molecular formula is C19H25NO4. The summed E-state index contributed by atoms with van der Waals surface area (Å²) >= 11 is 0. The molecule has 1 aromatic carbocycles. The Balaban J connectivity index is 1.74. The fourth-order valence-electron chi connectivity index (χ4n) is 4.41. The lowest BCUT2D eigenvalue weighted by Gasteiger charge is -2.40. The molecule has 0 aromatic heterocycles. The highest BCUT2D eigenvalue weighted by Crippen LogP contribution is 2.46. The lowest BCUT2D eigenvalue weighted by atomic mass is 9.78. The number of carboxylic acid groups (broad SMARTS) is 1. The van der Waals surface area contributed by atoms with Crippen molar-refractivity contribution in [1.29, 1.82) is 0 Å². The summed E-state index contributed by atoms with van der Waals surface area (Å²) < 4.78 is 5.50. The Morgan fingerprint density at radius 3 is 2.71 bits per heavy atom. The zero-order valence-electron chi connectivity index (χ0n) is 13.9. The van der Waals surface area contributed by atoms with E-state index in [0.29, 0.717) is 6.54 Å². The van der Waals surface area contributed by atoms with Gasteiger partial charge in [-0.05, 0) is 30.7 Å². The number of hydrogen-bond acceptors (Lipinski definition) is 3. The second-order valence-corrected chi connectivity index (χ2v) is 6.95. The average molecular weight is 331 g/mol. The van der Waals surface area contributed by atoms with Gasteiger partial charge in [0.2, 0.25) is 0 Å². The molecule has 0 spiro atoms. The third kappa shape index (κ3) is 3.40. The van der Waals surface area contributed by atoms with E-state index in [0.717, 1.165) is 44.1 Å². The van der Waals surface area contributed by atoms with Gasteiger partial charge >= 0.3 is 12.1 Å². The van der Waals surface area contributed by atoms with Crippen LogP contribution in [0.2, 0.25) is 0 Å². The first-order valence-corrected chi connectivity index (χ1v) is 8.82. The molecular weight excluding hydrogens is 306 g/mol. The number of aliphatic carboxylic acids is 1. The molecule has 1 aromatic rings. The summed E-state index contributed by atoms with van der Waals surface area (Å²) in [6.45, 7) is 0.829. The minimum atomic E-state index is -0.829. The lowest BCUT2D eigenvalue weighted by molar-refractivity contribution is -0.140. The number of amides is 1. The molecule has 0 bridgehead atoms.